The Hall–Kier alpha value is -2.42. The summed E-state index contributed by atoms with van der Waals surface area (Å²) in [6.45, 7) is 1.84. The first-order valence-corrected chi connectivity index (χ1v) is 10.7. The number of carbonyl (C=O) groups excluding carboxylic acids is 1. The topological polar surface area (TPSA) is 78.3 Å². The second-order valence-corrected chi connectivity index (χ2v) is 8.09. The van der Waals surface area contributed by atoms with E-state index in [1.165, 1.54) is 11.8 Å². The van der Waals surface area contributed by atoms with Crippen LogP contribution in [0.2, 0.25) is 10.0 Å². The lowest BCUT2D eigenvalue weighted by Crippen LogP contribution is -2.15. The fraction of sp³-hybridized carbons (Fsp3) is 0.250. The van der Waals surface area contributed by atoms with Crippen LogP contribution in [0.1, 0.15) is 18.9 Å². The summed E-state index contributed by atoms with van der Waals surface area (Å²) in [5.41, 5.74) is 0.666. The summed E-state index contributed by atoms with van der Waals surface area (Å²) >= 11 is 13.4. The lowest BCUT2D eigenvalue weighted by molar-refractivity contribution is -0.113. The van der Waals surface area contributed by atoms with Crippen LogP contribution in [0.15, 0.2) is 47.6 Å². The fourth-order valence-electron chi connectivity index (χ4n) is 2.64. The Kier molecular flexibility index (Phi) is 7.47. The molecule has 1 unspecified atom stereocenters. The molecular weight excluding hydrogens is 447 g/mol. The molecule has 2 aromatic carbocycles. The first-order chi connectivity index (χ1) is 14.4. The molecule has 1 heterocycles. The van der Waals surface area contributed by atoms with Gasteiger partial charge >= 0.3 is 0 Å². The predicted molar refractivity (Wildman–Crippen MR) is 119 cm³/mol. The molecule has 0 saturated carbocycles. The number of aromatic nitrogens is 3. The van der Waals surface area contributed by atoms with E-state index in [1.807, 2.05) is 26.1 Å². The Morgan fingerprint density at radius 3 is 2.80 bits per heavy atom. The highest BCUT2D eigenvalue weighted by Gasteiger charge is 2.19. The smallest absolute Gasteiger partial charge is 0.234 e. The van der Waals surface area contributed by atoms with Crippen molar-refractivity contribution in [2.45, 2.75) is 18.2 Å². The van der Waals surface area contributed by atoms with Gasteiger partial charge in [-0.2, -0.15) is 0 Å². The Balaban J connectivity index is 1.60. The van der Waals surface area contributed by atoms with E-state index in [4.69, 9.17) is 32.7 Å². The zero-order chi connectivity index (χ0) is 21.7. The van der Waals surface area contributed by atoms with Crippen molar-refractivity contribution in [3.8, 4) is 11.5 Å². The number of thioether (sulfide) groups is 1. The molecule has 0 aliphatic carbocycles. The Labute approximate surface area is 188 Å². The van der Waals surface area contributed by atoms with Gasteiger partial charge in [0, 0.05) is 29.9 Å². The van der Waals surface area contributed by atoms with E-state index in [9.17, 15) is 4.79 Å². The summed E-state index contributed by atoms with van der Waals surface area (Å²) in [5.74, 6) is 1.76. The average molecular weight is 467 g/mol. The first kappa shape index (κ1) is 22.3. The SMILES string of the molecule is COc1cccc(NC(=O)CSc2nnc(C(C)Oc3cc(Cl)ccc3Cl)n2C)c1. The number of rotatable bonds is 8. The minimum atomic E-state index is -0.418. The Morgan fingerprint density at radius 1 is 1.23 bits per heavy atom. The molecule has 7 nitrogen and oxygen atoms in total. The summed E-state index contributed by atoms with van der Waals surface area (Å²) < 4.78 is 12.8. The van der Waals surface area contributed by atoms with E-state index in [2.05, 4.69) is 15.5 Å². The van der Waals surface area contributed by atoms with Gasteiger partial charge in [-0.3, -0.25) is 4.79 Å². The van der Waals surface area contributed by atoms with Crippen molar-refractivity contribution in [2.75, 3.05) is 18.2 Å². The zero-order valence-electron chi connectivity index (χ0n) is 16.6. The van der Waals surface area contributed by atoms with Gasteiger partial charge in [0.25, 0.3) is 0 Å². The van der Waals surface area contributed by atoms with Crippen molar-refractivity contribution in [2.24, 2.45) is 7.05 Å². The molecule has 0 spiro atoms. The van der Waals surface area contributed by atoms with Gasteiger partial charge in [-0.05, 0) is 31.2 Å². The van der Waals surface area contributed by atoms with Crippen LogP contribution in [0.25, 0.3) is 0 Å². The molecule has 0 aliphatic rings. The van der Waals surface area contributed by atoms with Gasteiger partial charge in [0.2, 0.25) is 5.91 Å². The lowest BCUT2D eigenvalue weighted by Gasteiger charge is -2.15. The zero-order valence-corrected chi connectivity index (χ0v) is 18.9. The van der Waals surface area contributed by atoms with E-state index in [1.54, 1.807) is 42.0 Å². The number of nitrogens with zero attached hydrogens (tertiary/aromatic N) is 3. The number of anilines is 1. The summed E-state index contributed by atoms with van der Waals surface area (Å²) in [7, 11) is 3.39. The van der Waals surface area contributed by atoms with Crippen molar-refractivity contribution in [3.05, 3.63) is 58.3 Å². The van der Waals surface area contributed by atoms with E-state index in [0.29, 0.717) is 38.2 Å². The Bertz CT molecular complexity index is 1040. The number of ether oxygens (including phenoxy) is 2. The minimum absolute atomic E-state index is 0.159. The monoisotopic (exact) mass is 466 g/mol. The number of hydrogen-bond donors (Lipinski definition) is 1. The fourth-order valence-corrected chi connectivity index (χ4v) is 3.69. The molecule has 0 saturated heterocycles. The van der Waals surface area contributed by atoms with Crippen LogP contribution >= 0.6 is 35.0 Å². The van der Waals surface area contributed by atoms with Gasteiger partial charge in [0.15, 0.2) is 17.1 Å². The number of halogens is 2. The molecule has 1 atom stereocenters. The highest BCUT2D eigenvalue weighted by molar-refractivity contribution is 7.99. The van der Waals surface area contributed by atoms with Crippen LogP contribution in [0.4, 0.5) is 5.69 Å². The van der Waals surface area contributed by atoms with Crippen LogP contribution in [0, 0.1) is 0 Å². The molecular formula is C20H20Cl2N4O3S. The number of methoxy groups -OCH3 is 1. The largest absolute Gasteiger partial charge is 0.497 e. The number of amides is 1. The van der Waals surface area contributed by atoms with Crippen LogP contribution in [-0.4, -0.2) is 33.5 Å². The van der Waals surface area contributed by atoms with Crippen LogP contribution in [-0.2, 0) is 11.8 Å². The summed E-state index contributed by atoms with van der Waals surface area (Å²) in [5, 5.41) is 12.8. The molecule has 0 aliphatic heterocycles. The Morgan fingerprint density at radius 2 is 2.03 bits per heavy atom. The maximum Gasteiger partial charge on any atom is 0.234 e. The second-order valence-electron chi connectivity index (χ2n) is 6.30. The molecule has 158 valence electrons. The van der Waals surface area contributed by atoms with Crippen molar-refractivity contribution in [3.63, 3.8) is 0 Å². The second kappa shape index (κ2) is 10.1. The molecule has 0 radical (unpaired) electrons. The van der Waals surface area contributed by atoms with Crippen LogP contribution in [0.3, 0.4) is 0 Å². The highest BCUT2D eigenvalue weighted by atomic mass is 35.5. The van der Waals surface area contributed by atoms with Crippen molar-refractivity contribution < 1.29 is 14.3 Å². The minimum Gasteiger partial charge on any atom is -0.497 e. The maximum absolute atomic E-state index is 12.3. The van der Waals surface area contributed by atoms with Crippen molar-refractivity contribution in [1.82, 2.24) is 14.8 Å². The van der Waals surface area contributed by atoms with Gasteiger partial charge in [0.05, 0.1) is 17.9 Å². The van der Waals surface area contributed by atoms with Crippen LogP contribution < -0.4 is 14.8 Å². The third kappa shape index (κ3) is 5.59. The normalized spacial score (nSPS) is 11.8. The van der Waals surface area contributed by atoms with E-state index >= 15 is 0 Å². The predicted octanol–water partition coefficient (Wildman–Crippen LogP) is 5.00. The standard InChI is InChI=1S/C20H20Cl2N4O3S/c1-12(29-17-9-13(21)7-8-16(17)22)19-24-25-20(26(19)2)30-11-18(27)23-14-5-4-6-15(10-14)28-3/h4-10,12H,11H2,1-3H3,(H,23,27). The molecule has 10 heteroatoms. The molecule has 30 heavy (non-hydrogen) atoms. The molecule has 3 rings (SSSR count). The third-order valence-corrected chi connectivity index (χ3v) is 5.68. The molecule has 1 aromatic heterocycles. The molecule has 0 fully saturated rings. The van der Waals surface area contributed by atoms with Gasteiger partial charge in [-0.1, -0.05) is 41.0 Å². The van der Waals surface area contributed by atoms with Gasteiger partial charge in [-0.15, -0.1) is 10.2 Å². The molecule has 0 bridgehead atoms. The number of benzene rings is 2. The quantitative estimate of drug-likeness (QED) is 0.470. The van der Waals surface area contributed by atoms with E-state index < -0.39 is 6.10 Å². The van der Waals surface area contributed by atoms with E-state index in [0.717, 1.165) is 0 Å². The van der Waals surface area contributed by atoms with Gasteiger partial charge in [-0.25, -0.2) is 0 Å². The maximum atomic E-state index is 12.3. The van der Waals surface area contributed by atoms with Crippen LogP contribution in [0.5, 0.6) is 11.5 Å². The molecule has 1 amide bonds. The van der Waals surface area contributed by atoms with Crippen molar-refractivity contribution in [1.29, 1.82) is 0 Å². The van der Waals surface area contributed by atoms with Crippen molar-refractivity contribution >= 4 is 46.6 Å². The van der Waals surface area contributed by atoms with Gasteiger partial charge < -0.3 is 19.4 Å². The number of hydrogen-bond acceptors (Lipinski definition) is 6. The summed E-state index contributed by atoms with van der Waals surface area (Å²) in [6, 6.07) is 12.2. The average Bonchev–Trinajstić information content (AvgIpc) is 3.09. The van der Waals surface area contributed by atoms with E-state index in [-0.39, 0.29) is 11.7 Å². The number of carbonyl (C=O) groups is 1. The number of nitrogens with one attached hydrogen (secondary N) is 1. The summed E-state index contributed by atoms with van der Waals surface area (Å²) in [6.07, 6.45) is -0.418. The summed E-state index contributed by atoms with van der Waals surface area (Å²) in [4.78, 5) is 12.3. The van der Waals surface area contributed by atoms with Gasteiger partial charge in [0.1, 0.15) is 11.5 Å². The molecule has 3 aromatic rings. The first-order valence-electron chi connectivity index (χ1n) is 8.95. The third-order valence-electron chi connectivity index (χ3n) is 4.12. The lowest BCUT2D eigenvalue weighted by atomic mass is 10.3. The molecule has 1 N–H and O–H groups in total. The highest BCUT2D eigenvalue weighted by Crippen LogP contribution is 2.31.